The second kappa shape index (κ2) is 8.79. The molecule has 0 bridgehead atoms. The molecule has 1 saturated heterocycles. The number of carbonyl (C=O) groups is 1. The van der Waals surface area contributed by atoms with Gasteiger partial charge in [0.15, 0.2) is 0 Å². The molecular formula is C22H32N4O3S. The van der Waals surface area contributed by atoms with Crippen LogP contribution in [0.1, 0.15) is 49.6 Å². The molecule has 0 spiro atoms. The number of piperidine rings is 1. The van der Waals surface area contributed by atoms with Gasteiger partial charge in [-0.05, 0) is 58.6 Å². The van der Waals surface area contributed by atoms with Crippen LogP contribution in [0.4, 0.5) is 5.69 Å². The van der Waals surface area contributed by atoms with Crippen molar-refractivity contribution in [1.29, 1.82) is 0 Å². The fraction of sp³-hybridized carbons (Fsp3) is 0.545. The van der Waals surface area contributed by atoms with Crippen LogP contribution in [0.5, 0.6) is 0 Å². The van der Waals surface area contributed by atoms with Crippen LogP contribution in [-0.4, -0.2) is 48.1 Å². The van der Waals surface area contributed by atoms with Gasteiger partial charge in [-0.25, -0.2) is 8.42 Å². The molecule has 164 valence electrons. The summed E-state index contributed by atoms with van der Waals surface area (Å²) in [5, 5.41) is 4.28. The maximum absolute atomic E-state index is 13.7. The van der Waals surface area contributed by atoms with Gasteiger partial charge >= 0.3 is 0 Å². The molecule has 0 N–H and O–H groups in total. The Labute approximate surface area is 179 Å². The van der Waals surface area contributed by atoms with Gasteiger partial charge in [-0.3, -0.25) is 13.8 Å². The Morgan fingerprint density at radius 2 is 1.83 bits per heavy atom. The first-order valence-electron chi connectivity index (χ1n) is 10.6. The van der Waals surface area contributed by atoms with Crippen molar-refractivity contribution in [3.8, 4) is 0 Å². The van der Waals surface area contributed by atoms with Crippen LogP contribution < -0.4 is 4.31 Å². The molecule has 1 aromatic carbocycles. The number of likely N-dealkylation sites (tertiary alicyclic amines) is 1. The first-order chi connectivity index (χ1) is 14.2. The Morgan fingerprint density at radius 1 is 1.17 bits per heavy atom. The molecule has 3 rings (SSSR count). The second-order valence-corrected chi connectivity index (χ2v) is 9.91. The van der Waals surface area contributed by atoms with Gasteiger partial charge in [0, 0.05) is 19.6 Å². The minimum Gasteiger partial charge on any atom is -0.338 e. The van der Waals surface area contributed by atoms with Crippen LogP contribution >= 0.6 is 0 Å². The Kier molecular flexibility index (Phi) is 6.55. The van der Waals surface area contributed by atoms with E-state index in [1.54, 1.807) is 37.7 Å². The molecule has 2 aromatic rings. The van der Waals surface area contributed by atoms with Crippen molar-refractivity contribution in [3.63, 3.8) is 0 Å². The summed E-state index contributed by atoms with van der Waals surface area (Å²) in [6.07, 6.45) is 3.92. The molecule has 0 aliphatic carbocycles. The highest BCUT2D eigenvalue weighted by Crippen LogP contribution is 2.29. The second-order valence-electron chi connectivity index (χ2n) is 8.12. The average Bonchev–Trinajstić information content (AvgIpc) is 2.98. The summed E-state index contributed by atoms with van der Waals surface area (Å²) in [7, 11) is -2.24. The number of hydrogen-bond acceptors (Lipinski definition) is 4. The molecular weight excluding hydrogens is 400 g/mol. The van der Waals surface area contributed by atoms with Crippen molar-refractivity contribution in [2.45, 2.75) is 64.3 Å². The molecule has 1 aliphatic heterocycles. The summed E-state index contributed by atoms with van der Waals surface area (Å²) in [6.45, 7) is 7.92. The van der Waals surface area contributed by atoms with Crippen molar-refractivity contribution < 1.29 is 13.2 Å². The van der Waals surface area contributed by atoms with Gasteiger partial charge in [0.1, 0.15) is 11.4 Å². The standard InChI is InChI=1S/C22H32N4O3S/c1-6-19-9-7-8-14-25(19)21(27)15-26(20-12-10-16(2)11-13-20)30(28,29)22-17(3)23-24(5)18(22)4/h10-13,19H,6-9,14-15H2,1-5H3/t19-/m0/s1. The van der Waals surface area contributed by atoms with Crippen molar-refractivity contribution in [2.24, 2.45) is 7.05 Å². The lowest BCUT2D eigenvalue weighted by molar-refractivity contribution is -0.133. The summed E-state index contributed by atoms with van der Waals surface area (Å²) in [4.78, 5) is 15.3. The quantitative estimate of drug-likeness (QED) is 0.702. The van der Waals surface area contributed by atoms with E-state index in [-0.39, 0.29) is 23.4 Å². The van der Waals surface area contributed by atoms with Crippen LogP contribution in [0.25, 0.3) is 0 Å². The van der Waals surface area contributed by atoms with Gasteiger partial charge in [-0.1, -0.05) is 24.6 Å². The third-order valence-electron chi connectivity index (χ3n) is 6.01. The van der Waals surface area contributed by atoms with Crippen molar-refractivity contribution in [3.05, 3.63) is 41.2 Å². The monoisotopic (exact) mass is 432 g/mol. The zero-order chi connectivity index (χ0) is 22.1. The number of nitrogens with zero attached hydrogens (tertiary/aromatic N) is 4. The number of anilines is 1. The van der Waals surface area contributed by atoms with Gasteiger partial charge in [-0.15, -0.1) is 0 Å². The Bertz CT molecular complexity index is 1010. The molecule has 1 atom stereocenters. The number of rotatable bonds is 6. The average molecular weight is 433 g/mol. The molecule has 0 unspecified atom stereocenters. The van der Waals surface area contributed by atoms with Gasteiger partial charge in [0.05, 0.1) is 17.1 Å². The zero-order valence-corrected chi connectivity index (χ0v) is 19.4. The number of aromatic nitrogens is 2. The summed E-state index contributed by atoms with van der Waals surface area (Å²) in [5.41, 5.74) is 2.50. The molecule has 1 amide bonds. The topological polar surface area (TPSA) is 75.5 Å². The first-order valence-corrected chi connectivity index (χ1v) is 12.0. The van der Waals surface area contributed by atoms with Crippen molar-refractivity contribution >= 4 is 21.6 Å². The fourth-order valence-electron chi connectivity index (χ4n) is 4.23. The predicted molar refractivity (Wildman–Crippen MR) is 118 cm³/mol. The van der Waals surface area contributed by atoms with Gasteiger partial charge in [0.2, 0.25) is 5.91 Å². The molecule has 2 heterocycles. The van der Waals surface area contributed by atoms with Crippen molar-refractivity contribution in [2.75, 3.05) is 17.4 Å². The number of sulfonamides is 1. The summed E-state index contributed by atoms with van der Waals surface area (Å²) >= 11 is 0. The van der Waals surface area contributed by atoms with E-state index in [1.807, 2.05) is 24.0 Å². The Hall–Kier alpha value is -2.35. The zero-order valence-electron chi connectivity index (χ0n) is 18.6. The summed E-state index contributed by atoms with van der Waals surface area (Å²) < 4.78 is 30.3. The lowest BCUT2D eigenvalue weighted by atomic mass is 10.00. The molecule has 0 radical (unpaired) electrons. The van der Waals surface area contributed by atoms with Crippen molar-refractivity contribution in [1.82, 2.24) is 14.7 Å². The van der Waals surface area contributed by atoms with Crippen LogP contribution in [0.2, 0.25) is 0 Å². The number of amides is 1. The highest BCUT2D eigenvalue weighted by atomic mass is 32.2. The van der Waals surface area contributed by atoms with E-state index >= 15 is 0 Å². The minimum atomic E-state index is -3.96. The van der Waals surface area contributed by atoms with E-state index in [9.17, 15) is 13.2 Å². The predicted octanol–water partition coefficient (Wildman–Crippen LogP) is 3.33. The largest absolute Gasteiger partial charge is 0.338 e. The van der Waals surface area contributed by atoms with E-state index in [2.05, 4.69) is 12.0 Å². The van der Waals surface area contributed by atoms with E-state index in [0.717, 1.165) is 31.2 Å². The highest BCUT2D eigenvalue weighted by Gasteiger charge is 2.35. The number of carbonyl (C=O) groups excluding carboxylic acids is 1. The highest BCUT2D eigenvalue weighted by molar-refractivity contribution is 7.93. The fourth-order valence-corrected chi connectivity index (χ4v) is 6.05. The van der Waals surface area contributed by atoms with E-state index < -0.39 is 10.0 Å². The minimum absolute atomic E-state index is 0.148. The molecule has 1 aromatic heterocycles. The van der Waals surface area contributed by atoms with Gasteiger partial charge in [-0.2, -0.15) is 5.10 Å². The molecule has 1 aliphatic rings. The van der Waals surface area contributed by atoms with E-state index in [1.165, 1.54) is 4.31 Å². The smallest absolute Gasteiger partial charge is 0.268 e. The lowest BCUT2D eigenvalue weighted by Gasteiger charge is -2.37. The summed E-state index contributed by atoms with van der Waals surface area (Å²) in [5.74, 6) is -0.148. The van der Waals surface area contributed by atoms with E-state index in [0.29, 0.717) is 23.6 Å². The Balaban J connectivity index is 2.03. The molecule has 30 heavy (non-hydrogen) atoms. The van der Waals surface area contributed by atoms with Crippen LogP contribution in [0.3, 0.4) is 0 Å². The lowest BCUT2D eigenvalue weighted by Crippen LogP contribution is -2.49. The third-order valence-corrected chi connectivity index (χ3v) is 8.04. The number of aryl methyl sites for hydroxylation is 3. The maximum Gasteiger partial charge on any atom is 0.268 e. The SMILES string of the molecule is CC[C@H]1CCCCN1C(=O)CN(c1ccc(C)cc1)S(=O)(=O)c1c(C)nn(C)c1C. The third kappa shape index (κ3) is 4.24. The maximum atomic E-state index is 13.7. The first kappa shape index (κ1) is 22.3. The molecule has 0 saturated carbocycles. The van der Waals surface area contributed by atoms with Gasteiger partial charge < -0.3 is 4.90 Å². The van der Waals surface area contributed by atoms with Gasteiger partial charge in [0.25, 0.3) is 10.0 Å². The van der Waals surface area contributed by atoms with Crippen LogP contribution in [0, 0.1) is 20.8 Å². The number of hydrogen-bond donors (Lipinski definition) is 0. The molecule has 8 heteroatoms. The summed E-state index contributed by atoms with van der Waals surface area (Å²) in [6, 6.07) is 7.42. The molecule has 7 nitrogen and oxygen atoms in total. The van der Waals surface area contributed by atoms with Crippen LogP contribution in [0.15, 0.2) is 29.2 Å². The van der Waals surface area contributed by atoms with E-state index in [4.69, 9.17) is 0 Å². The number of benzene rings is 1. The normalized spacial score (nSPS) is 17.2. The van der Waals surface area contributed by atoms with Crippen LogP contribution in [-0.2, 0) is 21.9 Å². The molecule has 1 fully saturated rings. The Morgan fingerprint density at radius 3 is 2.40 bits per heavy atom.